The number of Topliss-reactive ketones (excluding diaryl/α,β-unsaturated/α-hetero) is 2. The molecule has 0 heterocycles. The molecule has 0 spiro atoms. The molecule has 7 atom stereocenters. The topological polar surface area (TPSA) is 74.6 Å². The second kappa shape index (κ2) is 5.26. The molecule has 0 bridgehead atoms. The second-order valence-electron chi connectivity index (χ2n) is 9.51. The van der Waals surface area contributed by atoms with Gasteiger partial charge in [-0.15, -0.1) is 0 Å². The Bertz CT molecular complexity index is 667. The molecule has 3 fully saturated rings. The third-order valence-electron chi connectivity index (χ3n) is 8.65. The summed E-state index contributed by atoms with van der Waals surface area (Å²) in [4.78, 5) is 25.3. The Morgan fingerprint density at radius 3 is 2.48 bits per heavy atom. The Morgan fingerprint density at radius 1 is 1.12 bits per heavy atom. The maximum atomic E-state index is 13.1. The van der Waals surface area contributed by atoms with Crippen molar-refractivity contribution >= 4 is 11.6 Å². The number of allylic oxidation sites excluding steroid dienone is 1. The van der Waals surface area contributed by atoms with Gasteiger partial charge in [-0.1, -0.05) is 25.5 Å². The van der Waals surface area contributed by atoms with E-state index in [0.717, 1.165) is 37.7 Å². The van der Waals surface area contributed by atoms with E-state index in [0.29, 0.717) is 12.8 Å². The van der Waals surface area contributed by atoms with Gasteiger partial charge in [0.2, 0.25) is 0 Å². The molecule has 138 valence electrons. The highest BCUT2D eigenvalue weighted by atomic mass is 16.3. The van der Waals surface area contributed by atoms with Gasteiger partial charge in [0.1, 0.15) is 11.4 Å². The van der Waals surface area contributed by atoms with Crippen LogP contribution in [0.1, 0.15) is 65.7 Å². The summed E-state index contributed by atoms with van der Waals surface area (Å²) < 4.78 is 0. The normalized spacial score (nSPS) is 52.0. The molecule has 0 saturated heterocycles. The van der Waals surface area contributed by atoms with Gasteiger partial charge < -0.3 is 10.2 Å². The molecule has 2 N–H and O–H groups in total. The number of fused-ring (bicyclic) bond motifs is 5. The highest BCUT2D eigenvalue weighted by molar-refractivity contribution is 5.89. The zero-order chi connectivity index (χ0) is 18.2. The number of rotatable bonds is 1. The number of hydrogen-bond acceptors (Lipinski definition) is 4. The molecular weight excluding hydrogens is 316 g/mol. The van der Waals surface area contributed by atoms with Gasteiger partial charge in [-0.05, 0) is 62.7 Å². The van der Waals surface area contributed by atoms with Crippen molar-refractivity contribution in [2.75, 3.05) is 0 Å². The summed E-state index contributed by atoms with van der Waals surface area (Å²) in [6.45, 7) is 5.80. The van der Waals surface area contributed by atoms with E-state index in [1.165, 1.54) is 6.92 Å². The molecule has 0 aliphatic heterocycles. The van der Waals surface area contributed by atoms with Crippen LogP contribution in [0.5, 0.6) is 0 Å². The first-order chi connectivity index (χ1) is 11.6. The lowest BCUT2D eigenvalue weighted by molar-refractivity contribution is -0.164. The number of aliphatic hydroxyl groups excluding tert-OH is 1. The van der Waals surface area contributed by atoms with Gasteiger partial charge in [-0.2, -0.15) is 0 Å². The van der Waals surface area contributed by atoms with Gasteiger partial charge >= 0.3 is 0 Å². The molecule has 0 amide bonds. The van der Waals surface area contributed by atoms with Gasteiger partial charge in [0.15, 0.2) is 5.78 Å². The van der Waals surface area contributed by atoms with E-state index in [1.54, 1.807) is 0 Å². The molecule has 4 rings (SSSR count). The molecular formula is C21H30O4. The minimum absolute atomic E-state index is 0.0178. The first-order valence-electron chi connectivity index (χ1n) is 9.79. The summed E-state index contributed by atoms with van der Waals surface area (Å²) in [6.07, 6.45) is 6.54. The average Bonchev–Trinajstić information content (AvgIpc) is 2.82. The van der Waals surface area contributed by atoms with Gasteiger partial charge in [-0.3, -0.25) is 9.59 Å². The first-order valence-corrected chi connectivity index (χ1v) is 9.79. The fourth-order valence-electron chi connectivity index (χ4n) is 7.00. The van der Waals surface area contributed by atoms with E-state index in [1.807, 2.05) is 13.0 Å². The highest BCUT2D eigenvalue weighted by Crippen LogP contribution is 2.66. The molecule has 4 nitrogen and oxygen atoms in total. The molecule has 0 radical (unpaired) electrons. The fraction of sp³-hybridized carbons (Fsp3) is 0.810. The zero-order valence-electron chi connectivity index (χ0n) is 15.5. The van der Waals surface area contributed by atoms with Crippen molar-refractivity contribution in [2.24, 2.45) is 28.6 Å². The smallest absolute Gasteiger partial charge is 0.161 e. The fourth-order valence-corrected chi connectivity index (χ4v) is 7.00. The van der Waals surface area contributed by atoms with Gasteiger partial charge in [0, 0.05) is 17.8 Å². The van der Waals surface area contributed by atoms with Crippen molar-refractivity contribution in [3.8, 4) is 0 Å². The van der Waals surface area contributed by atoms with Crippen LogP contribution in [-0.4, -0.2) is 33.5 Å². The number of carbonyl (C=O) groups excluding carboxylic acids is 2. The molecule has 3 saturated carbocycles. The zero-order valence-corrected chi connectivity index (χ0v) is 15.5. The molecule has 0 aromatic carbocycles. The van der Waals surface area contributed by atoms with Crippen LogP contribution >= 0.6 is 0 Å². The summed E-state index contributed by atoms with van der Waals surface area (Å²) in [7, 11) is 0. The van der Waals surface area contributed by atoms with Crippen molar-refractivity contribution in [1.82, 2.24) is 0 Å². The van der Waals surface area contributed by atoms with E-state index < -0.39 is 17.1 Å². The Hall–Kier alpha value is -1.00. The van der Waals surface area contributed by atoms with Crippen LogP contribution in [0, 0.1) is 28.6 Å². The van der Waals surface area contributed by atoms with Crippen molar-refractivity contribution < 1.29 is 19.8 Å². The van der Waals surface area contributed by atoms with Crippen molar-refractivity contribution in [3.63, 3.8) is 0 Å². The van der Waals surface area contributed by atoms with Gasteiger partial charge in [0.25, 0.3) is 0 Å². The predicted octanol–water partition coefficient (Wildman–Crippen LogP) is 2.81. The summed E-state index contributed by atoms with van der Waals surface area (Å²) >= 11 is 0. The molecule has 4 aliphatic rings. The van der Waals surface area contributed by atoms with Crippen LogP contribution in [0.2, 0.25) is 0 Å². The molecule has 0 aromatic heterocycles. The summed E-state index contributed by atoms with van der Waals surface area (Å²) in [5, 5.41) is 21.1. The van der Waals surface area contributed by atoms with Gasteiger partial charge in [-0.25, -0.2) is 0 Å². The number of hydrogen-bond donors (Lipinski definition) is 2. The molecule has 0 aromatic rings. The minimum atomic E-state index is -1.28. The Morgan fingerprint density at radius 2 is 1.80 bits per heavy atom. The van der Waals surface area contributed by atoms with E-state index in [-0.39, 0.29) is 34.7 Å². The molecule has 4 heteroatoms. The SMILES string of the molecule is CC(=O)[C@@]1(O)CC[C@H]2[C@@H]3C(=O)CC4=C[C@H](O)CC[C@]4(C)[C@H]3CC[C@@]21C. The van der Waals surface area contributed by atoms with Crippen molar-refractivity contribution in [3.05, 3.63) is 11.6 Å². The predicted molar refractivity (Wildman–Crippen MR) is 93.7 cm³/mol. The van der Waals surface area contributed by atoms with Crippen molar-refractivity contribution in [1.29, 1.82) is 0 Å². The van der Waals surface area contributed by atoms with Crippen molar-refractivity contribution in [2.45, 2.75) is 77.4 Å². The maximum absolute atomic E-state index is 13.1. The summed E-state index contributed by atoms with van der Waals surface area (Å²) in [5.41, 5.74) is -0.652. The number of aliphatic hydroxyl groups is 2. The van der Waals surface area contributed by atoms with Crippen LogP contribution < -0.4 is 0 Å². The van der Waals surface area contributed by atoms with Crippen LogP contribution in [0.4, 0.5) is 0 Å². The first kappa shape index (κ1) is 17.4. The highest BCUT2D eigenvalue weighted by Gasteiger charge is 2.67. The van der Waals surface area contributed by atoms with Gasteiger partial charge in [0.05, 0.1) is 6.10 Å². The Balaban J connectivity index is 1.75. The Labute approximate surface area is 149 Å². The van der Waals surface area contributed by atoms with Crippen LogP contribution in [0.15, 0.2) is 11.6 Å². The standard InChI is InChI=1S/C21H30O4/c1-12(22)21(25)9-6-16-18-15(5-8-20(16,21)3)19(2)7-4-14(23)10-13(19)11-17(18)24/h10,14-16,18,23,25H,4-9,11H2,1-3H3/t14-,15+,16+,18-,19+,20+,21+/m1/s1. The second-order valence-corrected chi connectivity index (χ2v) is 9.51. The molecule has 25 heavy (non-hydrogen) atoms. The lowest BCUT2D eigenvalue weighted by Gasteiger charge is -2.58. The van der Waals surface area contributed by atoms with E-state index >= 15 is 0 Å². The van der Waals surface area contributed by atoms with Crippen LogP contribution in [-0.2, 0) is 9.59 Å². The maximum Gasteiger partial charge on any atom is 0.161 e. The van der Waals surface area contributed by atoms with E-state index in [2.05, 4.69) is 6.92 Å². The number of carbonyl (C=O) groups is 2. The molecule has 4 aliphatic carbocycles. The third-order valence-corrected chi connectivity index (χ3v) is 8.65. The van der Waals surface area contributed by atoms with Crippen LogP contribution in [0.25, 0.3) is 0 Å². The largest absolute Gasteiger partial charge is 0.389 e. The van der Waals surface area contributed by atoms with E-state index in [9.17, 15) is 19.8 Å². The summed E-state index contributed by atoms with van der Waals surface area (Å²) in [5.74, 6) is 0.431. The average molecular weight is 346 g/mol. The lowest BCUT2D eigenvalue weighted by atomic mass is 9.46. The third kappa shape index (κ3) is 2.07. The lowest BCUT2D eigenvalue weighted by Crippen LogP contribution is -2.59. The summed E-state index contributed by atoms with van der Waals surface area (Å²) in [6, 6.07) is 0. The quantitative estimate of drug-likeness (QED) is 0.716. The Kier molecular flexibility index (Phi) is 3.66. The van der Waals surface area contributed by atoms with E-state index in [4.69, 9.17) is 0 Å². The monoisotopic (exact) mass is 346 g/mol. The van der Waals surface area contributed by atoms with Crippen LogP contribution in [0.3, 0.4) is 0 Å². The minimum Gasteiger partial charge on any atom is -0.389 e. The number of ketones is 2. The molecule has 0 unspecified atom stereocenters.